The van der Waals surface area contributed by atoms with Crippen molar-refractivity contribution in [1.29, 1.82) is 0 Å². The fraction of sp³-hybridized carbons (Fsp3) is 0.417. The van der Waals surface area contributed by atoms with Gasteiger partial charge in [-0.2, -0.15) is 0 Å². The second kappa shape index (κ2) is 5.59. The minimum Gasteiger partial charge on any atom is -0.480 e. The molecule has 18 heavy (non-hydrogen) atoms. The summed E-state index contributed by atoms with van der Waals surface area (Å²) in [5, 5.41) is 22.7. The van der Waals surface area contributed by atoms with Gasteiger partial charge >= 0.3 is 5.97 Å². The third-order valence-corrected chi connectivity index (χ3v) is 2.78. The molecule has 0 aliphatic carbocycles. The highest BCUT2D eigenvalue weighted by atomic mass is 16.6. The predicted octanol–water partition coefficient (Wildman–Crippen LogP) is 1.28. The van der Waals surface area contributed by atoms with Gasteiger partial charge < -0.3 is 5.11 Å². The number of benzene rings is 1. The number of hydrogen-bond acceptors (Lipinski definition) is 4. The number of nitrogens with one attached hydrogen (secondary N) is 1. The molecule has 0 aliphatic rings. The zero-order valence-electron chi connectivity index (χ0n) is 10.3. The molecule has 2 N–H and O–H groups in total. The Hall–Kier alpha value is -1.95. The Balaban J connectivity index is 2.77. The smallest absolute Gasteiger partial charge is 0.328 e. The highest BCUT2D eigenvalue weighted by Gasteiger charge is 2.45. The van der Waals surface area contributed by atoms with Gasteiger partial charge in [-0.1, -0.05) is 30.3 Å². The van der Waals surface area contributed by atoms with E-state index in [1.165, 1.54) is 13.8 Å². The van der Waals surface area contributed by atoms with Crippen LogP contribution >= 0.6 is 0 Å². The molecule has 0 saturated heterocycles. The third-order valence-electron chi connectivity index (χ3n) is 2.78. The van der Waals surface area contributed by atoms with E-state index in [0.29, 0.717) is 0 Å². The van der Waals surface area contributed by atoms with Gasteiger partial charge in [-0.3, -0.25) is 20.2 Å². The van der Waals surface area contributed by atoms with Crippen LogP contribution in [0.3, 0.4) is 0 Å². The van der Waals surface area contributed by atoms with Crippen molar-refractivity contribution >= 4 is 5.97 Å². The molecule has 1 aromatic carbocycles. The molecule has 1 aromatic rings. The van der Waals surface area contributed by atoms with Crippen LogP contribution in [0, 0.1) is 10.1 Å². The number of hydrogen-bond donors (Lipinski definition) is 2. The van der Waals surface area contributed by atoms with Crippen LogP contribution in [0.15, 0.2) is 30.3 Å². The molecule has 0 aromatic heterocycles. The number of carboxylic acid groups (broad SMARTS) is 1. The maximum absolute atomic E-state index is 11.1. The van der Waals surface area contributed by atoms with Gasteiger partial charge in [0.1, 0.15) is 0 Å². The Bertz CT molecular complexity index is 431. The SMILES string of the molecule is CC(C)(C(NCc1ccccc1)C(=O)O)[N+](=O)[O-]. The van der Waals surface area contributed by atoms with Gasteiger partial charge in [-0.25, -0.2) is 0 Å². The third kappa shape index (κ3) is 3.27. The van der Waals surface area contributed by atoms with Gasteiger partial charge in [0.25, 0.3) is 0 Å². The van der Waals surface area contributed by atoms with Gasteiger partial charge in [0.2, 0.25) is 5.54 Å². The maximum Gasteiger partial charge on any atom is 0.328 e. The van der Waals surface area contributed by atoms with Crippen LogP contribution in [0.4, 0.5) is 0 Å². The summed E-state index contributed by atoms with van der Waals surface area (Å²) in [4.78, 5) is 21.4. The summed E-state index contributed by atoms with van der Waals surface area (Å²) < 4.78 is 0. The van der Waals surface area contributed by atoms with Crippen molar-refractivity contribution in [1.82, 2.24) is 5.32 Å². The van der Waals surface area contributed by atoms with Gasteiger partial charge in [-0.05, 0) is 5.56 Å². The minimum absolute atomic E-state index is 0.273. The molecular weight excluding hydrogens is 236 g/mol. The van der Waals surface area contributed by atoms with E-state index < -0.39 is 22.5 Å². The Labute approximate surface area is 105 Å². The zero-order valence-corrected chi connectivity index (χ0v) is 10.3. The minimum atomic E-state index is -1.57. The summed E-state index contributed by atoms with van der Waals surface area (Å²) in [6, 6.07) is 7.90. The molecule has 6 heteroatoms. The summed E-state index contributed by atoms with van der Waals surface area (Å²) in [6.45, 7) is 2.86. The van der Waals surface area contributed by atoms with Gasteiger partial charge in [0, 0.05) is 25.3 Å². The van der Waals surface area contributed by atoms with E-state index in [9.17, 15) is 14.9 Å². The van der Waals surface area contributed by atoms with Crippen LogP contribution in [0.1, 0.15) is 19.4 Å². The van der Waals surface area contributed by atoms with Gasteiger partial charge in [-0.15, -0.1) is 0 Å². The Kier molecular flexibility index (Phi) is 4.38. The fourth-order valence-corrected chi connectivity index (χ4v) is 1.56. The van der Waals surface area contributed by atoms with E-state index in [1.807, 2.05) is 30.3 Å². The van der Waals surface area contributed by atoms with E-state index in [0.717, 1.165) is 5.56 Å². The molecule has 0 aliphatic heterocycles. The van der Waals surface area contributed by atoms with E-state index in [2.05, 4.69) is 5.32 Å². The highest BCUT2D eigenvalue weighted by Crippen LogP contribution is 2.15. The summed E-state index contributed by atoms with van der Waals surface area (Å²) in [7, 11) is 0. The van der Waals surface area contributed by atoms with Crippen molar-refractivity contribution < 1.29 is 14.8 Å². The molecular formula is C12H16N2O4. The molecule has 0 heterocycles. The second-order valence-corrected chi connectivity index (χ2v) is 4.55. The fourth-order valence-electron chi connectivity index (χ4n) is 1.56. The van der Waals surface area contributed by atoms with Crippen LogP contribution in [0.5, 0.6) is 0 Å². The first-order valence-corrected chi connectivity index (χ1v) is 5.50. The number of rotatable bonds is 6. The van der Waals surface area contributed by atoms with Crippen molar-refractivity contribution in [2.75, 3.05) is 0 Å². The largest absolute Gasteiger partial charge is 0.480 e. The van der Waals surface area contributed by atoms with Crippen LogP contribution in [0.2, 0.25) is 0 Å². The quantitative estimate of drug-likeness (QED) is 0.587. The number of nitrogens with zero attached hydrogens (tertiary/aromatic N) is 1. The molecule has 0 saturated carbocycles. The molecule has 98 valence electrons. The lowest BCUT2D eigenvalue weighted by atomic mass is 9.95. The Morgan fingerprint density at radius 2 is 2.00 bits per heavy atom. The number of nitro groups is 1. The molecule has 0 fully saturated rings. The number of carboxylic acids is 1. The molecule has 1 atom stereocenters. The van der Waals surface area contributed by atoms with E-state index in [4.69, 9.17) is 5.11 Å². The van der Waals surface area contributed by atoms with Crippen LogP contribution < -0.4 is 5.32 Å². The second-order valence-electron chi connectivity index (χ2n) is 4.55. The monoisotopic (exact) mass is 252 g/mol. The van der Waals surface area contributed by atoms with Crippen molar-refractivity contribution in [3.63, 3.8) is 0 Å². The maximum atomic E-state index is 11.1. The predicted molar refractivity (Wildman–Crippen MR) is 65.8 cm³/mol. The average molecular weight is 252 g/mol. The van der Waals surface area contributed by atoms with Crippen LogP contribution in [0.25, 0.3) is 0 Å². The summed E-state index contributed by atoms with van der Waals surface area (Å²) in [6.07, 6.45) is 0. The Morgan fingerprint density at radius 3 is 2.44 bits per heavy atom. The lowest BCUT2D eigenvalue weighted by molar-refractivity contribution is -0.563. The van der Waals surface area contributed by atoms with Crippen LogP contribution in [-0.4, -0.2) is 27.6 Å². The molecule has 1 rings (SSSR count). The lowest BCUT2D eigenvalue weighted by Crippen LogP contribution is -2.56. The topological polar surface area (TPSA) is 92.5 Å². The van der Waals surface area contributed by atoms with E-state index in [-0.39, 0.29) is 6.54 Å². The first-order chi connectivity index (χ1) is 8.35. The molecule has 1 unspecified atom stereocenters. The van der Waals surface area contributed by atoms with Gasteiger partial charge in [0.15, 0.2) is 6.04 Å². The average Bonchev–Trinajstić information content (AvgIpc) is 2.29. The normalized spacial score (nSPS) is 13.0. The molecule has 0 radical (unpaired) electrons. The Morgan fingerprint density at radius 1 is 1.44 bits per heavy atom. The summed E-state index contributed by atoms with van der Waals surface area (Å²) in [5.74, 6) is -1.23. The van der Waals surface area contributed by atoms with E-state index >= 15 is 0 Å². The highest BCUT2D eigenvalue weighted by molar-refractivity contribution is 5.75. The van der Waals surface area contributed by atoms with Gasteiger partial charge in [0.05, 0.1) is 0 Å². The standard InChI is InChI=1S/C12H16N2O4/c1-12(2,14(17)18)10(11(15)16)13-8-9-6-4-3-5-7-9/h3-7,10,13H,8H2,1-2H3,(H,15,16). The lowest BCUT2D eigenvalue weighted by Gasteiger charge is -2.24. The zero-order chi connectivity index (χ0) is 13.8. The summed E-state index contributed by atoms with van der Waals surface area (Å²) in [5.41, 5.74) is -0.691. The molecule has 0 amide bonds. The summed E-state index contributed by atoms with van der Waals surface area (Å²) >= 11 is 0. The number of carbonyl (C=O) groups is 1. The molecule has 0 bridgehead atoms. The van der Waals surface area contributed by atoms with Crippen molar-refractivity contribution in [2.24, 2.45) is 0 Å². The van der Waals surface area contributed by atoms with Crippen molar-refractivity contribution in [3.8, 4) is 0 Å². The first kappa shape index (κ1) is 14.1. The number of aliphatic carboxylic acids is 1. The van der Waals surface area contributed by atoms with Crippen molar-refractivity contribution in [3.05, 3.63) is 46.0 Å². The van der Waals surface area contributed by atoms with Crippen LogP contribution in [-0.2, 0) is 11.3 Å². The molecule has 0 spiro atoms. The first-order valence-electron chi connectivity index (χ1n) is 5.50. The van der Waals surface area contributed by atoms with E-state index in [1.54, 1.807) is 0 Å². The van der Waals surface area contributed by atoms with Crippen molar-refractivity contribution in [2.45, 2.75) is 32.0 Å². The molecule has 6 nitrogen and oxygen atoms in total.